The summed E-state index contributed by atoms with van der Waals surface area (Å²) in [5.74, 6) is 0. The molecule has 0 radical (unpaired) electrons. The molecule has 1 aromatic heterocycles. The summed E-state index contributed by atoms with van der Waals surface area (Å²) in [6.45, 7) is 2.10. The molecule has 0 spiro atoms. The van der Waals surface area contributed by atoms with Gasteiger partial charge in [0, 0.05) is 23.3 Å². The molecule has 0 unspecified atom stereocenters. The summed E-state index contributed by atoms with van der Waals surface area (Å²) in [5, 5.41) is 10.8. The predicted molar refractivity (Wildman–Crippen MR) is 49.1 cm³/mol. The molecule has 1 aliphatic rings. The smallest absolute Gasteiger partial charge is 0.100 e. The number of hydrogen-bond acceptors (Lipinski definition) is 3. The molecule has 2 nitrogen and oxygen atoms in total. The topological polar surface area (TPSA) is 27.0 Å². The predicted octanol–water partition coefficient (Wildman–Crippen LogP) is 1.61. The zero-order valence-corrected chi connectivity index (χ0v) is 7.82. The van der Waals surface area contributed by atoms with Crippen LogP contribution in [0.5, 0.6) is 0 Å². The van der Waals surface area contributed by atoms with Gasteiger partial charge in [0.25, 0.3) is 0 Å². The quantitative estimate of drug-likeness (QED) is 0.603. The normalized spacial score (nSPS) is 17.0. The molecule has 12 heavy (non-hydrogen) atoms. The first kappa shape index (κ1) is 7.78. The van der Waals surface area contributed by atoms with Crippen LogP contribution in [0.1, 0.15) is 16.0 Å². The fraction of sp³-hybridized carbons (Fsp3) is 0.444. The fourth-order valence-electron chi connectivity index (χ4n) is 1.55. The van der Waals surface area contributed by atoms with Gasteiger partial charge < -0.3 is 4.90 Å². The lowest BCUT2D eigenvalue weighted by atomic mass is 10.1. The Morgan fingerprint density at radius 3 is 3.25 bits per heavy atom. The van der Waals surface area contributed by atoms with E-state index in [0.29, 0.717) is 0 Å². The Morgan fingerprint density at radius 1 is 1.67 bits per heavy atom. The number of thiophene rings is 1. The zero-order valence-electron chi connectivity index (χ0n) is 7.00. The Labute approximate surface area is 76.0 Å². The van der Waals surface area contributed by atoms with Crippen molar-refractivity contribution in [3.63, 3.8) is 0 Å². The second-order valence-corrected chi connectivity index (χ2v) is 4.11. The van der Waals surface area contributed by atoms with E-state index in [1.165, 1.54) is 10.4 Å². The van der Waals surface area contributed by atoms with Crippen LogP contribution in [0.15, 0.2) is 5.38 Å². The molecule has 0 N–H and O–H groups in total. The van der Waals surface area contributed by atoms with Gasteiger partial charge in [0.15, 0.2) is 0 Å². The highest BCUT2D eigenvalue weighted by Gasteiger charge is 2.17. The van der Waals surface area contributed by atoms with E-state index >= 15 is 0 Å². The summed E-state index contributed by atoms with van der Waals surface area (Å²) >= 11 is 1.72. The van der Waals surface area contributed by atoms with Crippen molar-refractivity contribution in [3.8, 4) is 6.07 Å². The lowest BCUT2D eigenvalue weighted by Gasteiger charge is -2.21. The molecule has 3 heteroatoms. The van der Waals surface area contributed by atoms with E-state index in [4.69, 9.17) is 5.26 Å². The van der Waals surface area contributed by atoms with E-state index in [9.17, 15) is 0 Å². The molecule has 1 aliphatic heterocycles. The molecular weight excluding hydrogens is 168 g/mol. The first-order valence-electron chi connectivity index (χ1n) is 3.99. The van der Waals surface area contributed by atoms with Gasteiger partial charge in [0.2, 0.25) is 0 Å². The molecule has 0 aromatic carbocycles. The first-order chi connectivity index (χ1) is 5.81. The molecule has 0 saturated carbocycles. The third-order valence-electron chi connectivity index (χ3n) is 2.26. The van der Waals surface area contributed by atoms with Crippen molar-refractivity contribution in [2.24, 2.45) is 0 Å². The van der Waals surface area contributed by atoms with E-state index in [0.717, 1.165) is 25.1 Å². The Kier molecular flexibility index (Phi) is 1.87. The van der Waals surface area contributed by atoms with Gasteiger partial charge in [-0.2, -0.15) is 5.26 Å². The van der Waals surface area contributed by atoms with Crippen LogP contribution in [0.25, 0.3) is 0 Å². The molecular formula is C9H10N2S. The summed E-state index contributed by atoms with van der Waals surface area (Å²) < 4.78 is 0. The number of fused-ring (bicyclic) bond motifs is 1. The number of nitrogens with zero attached hydrogens (tertiary/aromatic N) is 2. The highest BCUT2D eigenvalue weighted by atomic mass is 32.1. The van der Waals surface area contributed by atoms with E-state index in [2.05, 4.69) is 18.0 Å². The van der Waals surface area contributed by atoms with Crippen molar-refractivity contribution in [1.29, 1.82) is 5.26 Å². The van der Waals surface area contributed by atoms with Crippen molar-refractivity contribution < 1.29 is 0 Å². The van der Waals surface area contributed by atoms with E-state index in [1.54, 1.807) is 11.3 Å². The highest BCUT2D eigenvalue weighted by Crippen LogP contribution is 2.27. The van der Waals surface area contributed by atoms with Crippen molar-refractivity contribution in [1.82, 2.24) is 4.90 Å². The molecule has 0 aliphatic carbocycles. The molecule has 0 amide bonds. The van der Waals surface area contributed by atoms with E-state index in [1.807, 2.05) is 5.38 Å². The van der Waals surface area contributed by atoms with Crippen LogP contribution in [-0.2, 0) is 13.0 Å². The minimum Gasteiger partial charge on any atom is -0.301 e. The molecule has 2 heterocycles. The van der Waals surface area contributed by atoms with Crippen LogP contribution < -0.4 is 0 Å². The zero-order chi connectivity index (χ0) is 8.55. The number of hydrogen-bond donors (Lipinski definition) is 0. The summed E-state index contributed by atoms with van der Waals surface area (Å²) in [6, 6.07) is 2.24. The summed E-state index contributed by atoms with van der Waals surface area (Å²) in [5.41, 5.74) is 2.18. The van der Waals surface area contributed by atoms with Gasteiger partial charge in [-0.3, -0.25) is 0 Å². The van der Waals surface area contributed by atoms with Crippen LogP contribution >= 0.6 is 11.3 Å². The van der Waals surface area contributed by atoms with Crippen molar-refractivity contribution >= 4 is 11.3 Å². The number of likely N-dealkylation sites (N-methyl/N-ethyl adjacent to an activating group) is 1. The van der Waals surface area contributed by atoms with Crippen molar-refractivity contribution in [2.45, 2.75) is 13.0 Å². The van der Waals surface area contributed by atoms with Crippen molar-refractivity contribution in [2.75, 3.05) is 13.6 Å². The van der Waals surface area contributed by atoms with Crippen LogP contribution in [-0.4, -0.2) is 18.5 Å². The standard InChI is InChI=1S/C9H10N2S/c1-11-3-2-8-7(4-10)6-12-9(8)5-11/h6H,2-3,5H2,1H3. The van der Waals surface area contributed by atoms with Gasteiger partial charge in [-0.05, 0) is 19.0 Å². The molecule has 2 rings (SSSR count). The monoisotopic (exact) mass is 178 g/mol. The van der Waals surface area contributed by atoms with E-state index in [-0.39, 0.29) is 0 Å². The molecule has 0 saturated heterocycles. The second-order valence-electron chi connectivity index (χ2n) is 3.15. The Balaban J connectivity index is 2.40. The first-order valence-corrected chi connectivity index (χ1v) is 4.87. The van der Waals surface area contributed by atoms with Gasteiger partial charge in [-0.1, -0.05) is 0 Å². The van der Waals surface area contributed by atoms with Gasteiger partial charge in [0.1, 0.15) is 6.07 Å². The lowest BCUT2D eigenvalue weighted by Crippen LogP contribution is -2.25. The average molecular weight is 178 g/mol. The maximum Gasteiger partial charge on any atom is 0.100 e. The summed E-state index contributed by atoms with van der Waals surface area (Å²) in [4.78, 5) is 3.67. The summed E-state index contributed by atoms with van der Waals surface area (Å²) in [7, 11) is 2.12. The Hall–Kier alpha value is -0.850. The van der Waals surface area contributed by atoms with Gasteiger partial charge in [-0.25, -0.2) is 0 Å². The van der Waals surface area contributed by atoms with Crippen LogP contribution in [0.3, 0.4) is 0 Å². The molecule has 0 atom stereocenters. The Morgan fingerprint density at radius 2 is 2.50 bits per heavy atom. The third-order valence-corrected chi connectivity index (χ3v) is 3.27. The van der Waals surface area contributed by atoms with E-state index < -0.39 is 0 Å². The molecule has 0 fully saturated rings. The fourth-order valence-corrected chi connectivity index (χ4v) is 2.65. The summed E-state index contributed by atoms with van der Waals surface area (Å²) in [6.07, 6.45) is 1.04. The van der Waals surface area contributed by atoms with Crippen LogP contribution in [0.4, 0.5) is 0 Å². The SMILES string of the molecule is CN1CCc2c(C#N)csc2C1. The minimum absolute atomic E-state index is 0.892. The van der Waals surface area contributed by atoms with Gasteiger partial charge in [0.05, 0.1) is 5.56 Å². The van der Waals surface area contributed by atoms with Crippen LogP contribution in [0, 0.1) is 11.3 Å². The Bertz CT molecular complexity index is 335. The third kappa shape index (κ3) is 1.13. The average Bonchev–Trinajstić information content (AvgIpc) is 2.46. The maximum absolute atomic E-state index is 8.79. The molecule has 0 bridgehead atoms. The van der Waals surface area contributed by atoms with Crippen LogP contribution in [0.2, 0.25) is 0 Å². The molecule has 62 valence electrons. The number of rotatable bonds is 0. The second kappa shape index (κ2) is 2.89. The number of nitriles is 1. The minimum atomic E-state index is 0.892. The van der Waals surface area contributed by atoms with Gasteiger partial charge in [-0.15, -0.1) is 11.3 Å². The largest absolute Gasteiger partial charge is 0.301 e. The molecule has 1 aromatic rings. The maximum atomic E-state index is 8.79. The lowest BCUT2D eigenvalue weighted by molar-refractivity contribution is 0.317. The van der Waals surface area contributed by atoms with Crippen molar-refractivity contribution in [3.05, 3.63) is 21.4 Å². The highest BCUT2D eigenvalue weighted by molar-refractivity contribution is 7.10. The van der Waals surface area contributed by atoms with Gasteiger partial charge >= 0.3 is 0 Å².